The predicted molar refractivity (Wildman–Crippen MR) is 81.0 cm³/mol. The van der Waals surface area contributed by atoms with Crippen molar-refractivity contribution in [2.45, 2.75) is 66.3 Å². The third kappa shape index (κ3) is 4.55. The molecule has 1 saturated heterocycles. The highest BCUT2D eigenvalue weighted by Gasteiger charge is 2.32. The maximum Gasteiger partial charge on any atom is 0.0246 e. The molecule has 1 N–H and O–H groups in total. The smallest absolute Gasteiger partial charge is 0.0246 e. The summed E-state index contributed by atoms with van der Waals surface area (Å²) < 4.78 is 0. The molecule has 1 fully saturated rings. The highest BCUT2D eigenvalue weighted by atomic mass is 15.2. The molecule has 0 radical (unpaired) electrons. The lowest BCUT2D eigenvalue weighted by Crippen LogP contribution is -2.53. The summed E-state index contributed by atoms with van der Waals surface area (Å²) in [5.41, 5.74) is 0.458. The molecule has 0 aliphatic carbocycles. The van der Waals surface area contributed by atoms with Crippen LogP contribution in [0.25, 0.3) is 0 Å². The van der Waals surface area contributed by atoms with Crippen molar-refractivity contribution < 1.29 is 0 Å². The van der Waals surface area contributed by atoms with Crippen LogP contribution in [0.3, 0.4) is 0 Å². The highest BCUT2D eigenvalue weighted by molar-refractivity contribution is 4.90. The van der Waals surface area contributed by atoms with E-state index in [0.717, 1.165) is 5.92 Å². The second-order valence-corrected chi connectivity index (χ2v) is 6.63. The zero-order chi connectivity index (χ0) is 13.6. The number of likely N-dealkylation sites (N-methyl/N-ethyl adjacent to an activating group) is 1. The Labute approximate surface area is 115 Å². The van der Waals surface area contributed by atoms with Gasteiger partial charge in [0.15, 0.2) is 0 Å². The van der Waals surface area contributed by atoms with Crippen LogP contribution in [0.5, 0.6) is 0 Å². The summed E-state index contributed by atoms with van der Waals surface area (Å²) in [6.45, 7) is 16.7. The molecule has 0 bridgehead atoms. The van der Waals surface area contributed by atoms with E-state index in [1.54, 1.807) is 0 Å². The number of rotatable bonds is 7. The Kier molecular flexibility index (Phi) is 6.65. The Morgan fingerprint density at radius 3 is 2.39 bits per heavy atom. The molecule has 1 aliphatic rings. The second-order valence-electron chi connectivity index (χ2n) is 6.63. The zero-order valence-electron chi connectivity index (χ0n) is 13.3. The van der Waals surface area contributed by atoms with Gasteiger partial charge < -0.3 is 10.2 Å². The lowest BCUT2D eigenvalue weighted by molar-refractivity contribution is 0.118. The molecule has 108 valence electrons. The molecule has 1 unspecified atom stereocenters. The fraction of sp³-hybridized carbons (Fsp3) is 1.00. The van der Waals surface area contributed by atoms with Crippen molar-refractivity contribution in [2.75, 3.05) is 26.2 Å². The minimum atomic E-state index is 0.458. The van der Waals surface area contributed by atoms with Gasteiger partial charge in [-0.2, -0.15) is 0 Å². The minimum Gasteiger partial charge on any atom is -0.312 e. The zero-order valence-corrected chi connectivity index (χ0v) is 13.3. The second kappa shape index (κ2) is 7.49. The van der Waals surface area contributed by atoms with Gasteiger partial charge in [-0.3, -0.25) is 0 Å². The van der Waals surface area contributed by atoms with E-state index in [1.165, 1.54) is 51.9 Å². The summed E-state index contributed by atoms with van der Waals surface area (Å²) in [7, 11) is 0. The molecule has 2 heteroatoms. The fourth-order valence-corrected chi connectivity index (χ4v) is 3.09. The van der Waals surface area contributed by atoms with Crippen LogP contribution in [0.15, 0.2) is 0 Å². The van der Waals surface area contributed by atoms with E-state index >= 15 is 0 Å². The first-order valence-electron chi connectivity index (χ1n) is 7.99. The average molecular weight is 254 g/mol. The normalized spacial score (nSPS) is 23.8. The van der Waals surface area contributed by atoms with Crippen LogP contribution in [0.4, 0.5) is 0 Å². The predicted octanol–water partition coefficient (Wildman–Crippen LogP) is 3.52. The molecule has 0 aromatic rings. The molecule has 0 aromatic heterocycles. The number of hydrogen-bond acceptors (Lipinski definition) is 2. The summed E-state index contributed by atoms with van der Waals surface area (Å²) in [5, 5.41) is 3.74. The summed E-state index contributed by atoms with van der Waals surface area (Å²) >= 11 is 0. The van der Waals surface area contributed by atoms with Crippen molar-refractivity contribution in [3.05, 3.63) is 0 Å². The number of nitrogens with zero attached hydrogens (tertiary/aromatic N) is 1. The Morgan fingerprint density at radius 1 is 1.22 bits per heavy atom. The van der Waals surface area contributed by atoms with Crippen molar-refractivity contribution in [1.29, 1.82) is 0 Å². The van der Waals surface area contributed by atoms with Crippen molar-refractivity contribution >= 4 is 0 Å². The molecule has 0 aromatic carbocycles. The van der Waals surface area contributed by atoms with E-state index < -0.39 is 0 Å². The Bertz CT molecular complexity index is 221. The minimum absolute atomic E-state index is 0.458. The van der Waals surface area contributed by atoms with Crippen LogP contribution in [0, 0.1) is 11.3 Å². The van der Waals surface area contributed by atoms with E-state index in [9.17, 15) is 0 Å². The molecule has 1 heterocycles. The van der Waals surface area contributed by atoms with E-state index in [1.807, 2.05) is 0 Å². The lowest BCUT2D eigenvalue weighted by atomic mass is 9.77. The summed E-state index contributed by atoms with van der Waals surface area (Å²) in [6.07, 6.45) is 5.33. The van der Waals surface area contributed by atoms with Gasteiger partial charge in [0.05, 0.1) is 0 Å². The molecular formula is C16H34N2. The first-order valence-corrected chi connectivity index (χ1v) is 7.99. The van der Waals surface area contributed by atoms with Gasteiger partial charge in [-0.1, -0.05) is 47.5 Å². The van der Waals surface area contributed by atoms with Gasteiger partial charge in [0, 0.05) is 19.1 Å². The number of piperidine rings is 1. The van der Waals surface area contributed by atoms with Crippen LogP contribution in [0.1, 0.15) is 60.3 Å². The SMILES string of the molecule is CCC(CC)CN(CC)CC1NCCCC1(C)C. The van der Waals surface area contributed by atoms with Crippen LogP contribution in [0.2, 0.25) is 0 Å². The maximum atomic E-state index is 3.74. The summed E-state index contributed by atoms with van der Waals surface area (Å²) in [4.78, 5) is 2.66. The molecule has 1 atom stereocenters. The summed E-state index contributed by atoms with van der Waals surface area (Å²) in [6, 6.07) is 0.667. The molecule has 0 spiro atoms. The van der Waals surface area contributed by atoms with Crippen molar-refractivity contribution in [3.8, 4) is 0 Å². The van der Waals surface area contributed by atoms with Gasteiger partial charge in [-0.05, 0) is 37.3 Å². The van der Waals surface area contributed by atoms with E-state index in [2.05, 4.69) is 44.8 Å². The largest absolute Gasteiger partial charge is 0.312 e. The van der Waals surface area contributed by atoms with E-state index in [4.69, 9.17) is 0 Å². The fourth-order valence-electron chi connectivity index (χ4n) is 3.09. The first kappa shape index (κ1) is 16.0. The molecule has 18 heavy (non-hydrogen) atoms. The molecule has 2 nitrogen and oxygen atoms in total. The lowest BCUT2D eigenvalue weighted by Gasteiger charge is -2.42. The van der Waals surface area contributed by atoms with Crippen molar-refractivity contribution in [1.82, 2.24) is 10.2 Å². The third-order valence-electron chi connectivity index (χ3n) is 4.89. The van der Waals surface area contributed by atoms with E-state index in [-0.39, 0.29) is 0 Å². The van der Waals surface area contributed by atoms with Gasteiger partial charge in [0.1, 0.15) is 0 Å². The van der Waals surface area contributed by atoms with Crippen LogP contribution in [-0.4, -0.2) is 37.1 Å². The standard InChI is InChI=1S/C16H34N2/c1-6-14(7-2)12-18(8-3)13-15-16(4,5)10-9-11-17-15/h14-15,17H,6-13H2,1-5H3. The monoisotopic (exact) mass is 254 g/mol. The van der Waals surface area contributed by atoms with Crippen molar-refractivity contribution in [2.24, 2.45) is 11.3 Å². The Hall–Kier alpha value is -0.0800. The van der Waals surface area contributed by atoms with Gasteiger partial charge in [-0.25, -0.2) is 0 Å². The quantitative estimate of drug-likeness (QED) is 0.748. The first-order chi connectivity index (χ1) is 8.53. The van der Waals surface area contributed by atoms with Crippen LogP contribution < -0.4 is 5.32 Å². The van der Waals surface area contributed by atoms with Gasteiger partial charge in [0.2, 0.25) is 0 Å². The molecular weight excluding hydrogens is 220 g/mol. The Morgan fingerprint density at radius 2 is 1.89 bits per heavy atom. The molecule has 1 rings (SSSR count). The van der Waals surface area contributed by atoms with Crippen LogP contribution >= 0.6 is 0 Å². The molecule has 1 aliphatic heterocycles. The topological polar surface area (TPSA) is 15.3 Å². The van der Waals surface area contributed by atoms with Gasteiger partial charge in [0.25, 0.3) is 0 Å². The average Bonchev–Trinajstić information content (AvgIpc) is 2.36. The summed E-state index contributed by atoms with van der Waals surface area (Å²) in [5.74, 6) is 0.872. The number of nitrogens with one attached hydrogen (secondary N) is 1. The van der Waals surface area contributed by atoms with Gasteiger partial charge in [-0.15, -0.1) is 0 Å². The maximum absolute atomic E-state index is 3.74. The third-order valence-corrected chi connectivity index (χ3v) is 4.89. The molecule has 0 amide bonds. The van der Waals surface area contributed by atoms with E-state index in [0.29, 0.717) is 11.5 Å². The number of hydrogen-bond donors (Lipinski definition) is 1. The van der Waals surface area contributed by atoms with Gasteiger partial charge >= 0.3 is 0 Å². The highest BCUT2D eigenvalue weighted by Crippen LogP contribution is 2.30. The van der Waals surface area contributed by atoms with Crippen molar-refractivity contribution in [3.63, 3.8) is 0 Å². The Balaban J connectivity index is 2.50. The molecule has 0 saturated carbocycles. The van der Waals surface area contributed by atoms with Crippen LogP contribution in [-0.2, 0) is 0 Å².